The lowest BCUT2D eigenvalue weighted by molar-refractivity contribution is -0.141. The van der Waals surface area contributed by atoms with Gasteiger partial charge in [0.25, 0.3) is 0 Å². The van der Waals surface area contributed by atoms with Gasteiger partial charge in [-0.3, -0.25) is 4.79 Å². The summed E-state index contributed by atoms with van der Waals surface area (Å²) < 4.78 is 31.2. The number of esters is 1. The van der Waals surface area contributed by atoms with Crippen molar-refractivity contribution in [1.82, 2.24) is 0 Å². The fourth-order valence-corrected chi connectivity index (χ4v) is 4.42. The van der Waals surface area contributed by atoms with Crippen molar-refractivity contribution in [3.8, 4) is 22.6 Å². The van der Waals surface area contributed by atoms with Gasteiger partial charge in [0, 0.05) is 5.56 Å². The Morgan fingerprint density at radius 3 is 2.22 bits per heavy atom. The van der Waals surface area contributed by atoms with E-state index in [1.165, 1.54) is 13.2 Å². The first-order chi connectivity index (χ1) is 17.2. The average molecular weight is 493 g/mol. The van der Waals surface area contributed by atoms with Gasteiger partial charge in [-0.05, 0) is 76.4 Å². The van der Waals surface area contributed by atoms with Crippen LogP contribution in [0.2, 0.25) is 0 Å². The van der Waals surface area contributed by atoms with Crippen molar-refractivity contribution in [1.29, 1.82) is 0 Å². The van der Waals surface area contributed by atoms with E-state index in [2.05, 4.69) is 33.8 Å². The molecule has 0 spiro atoms. The number of rotatable bonds is 10. The summed E-state index contributed by atoms with van der Waals surface area (Å²) in [6, 6.07) is 18.8. The minimum atomic E-state index is -0.288. The molecule has 0 aromatic heterocycles. The molecule has 192 valence electrons. The summed E-state index contributed by atoms with van der Waals surface area (Å²) in [5.74, 6) is 0.990. The Labute approximate surface area is 214 Å². The molecule has 0 aliphatic rings. The maximum atomic E-state index is 14.9. The van der Waals surface area contributed by atoms with Crippen molar-refractivity contribution in [3.63, 3.8) is 0 Å². The van der Waals surface area contributed by atoms with Gasteiger partial charge in [0.2, 0.25) is 0 Å². The number of benzene rings is 3. The third-order valence-corrected chi connectivity index (χ3v) is 6.39. The number of hydrogen-bond acceptors (Lipinski definition) is 4. The van der Waals surface area contributed by atoms with Crippen LogP contribution in [-0.2, 0) is 21.6 Å². The number of ether oxygens (including phenoxy) is 3. The van der Waals surface area contributed by atoms with Crippen molar-refractivity contribution in [3.05, 3.63) is 83.2 Å². The monoisotopic (exact) mass is 492 g/mol. The number of methoxy groups -OCH3 is 2. The summed E-state index contributed by atoms with van der Waals surface area (Å²) in [4.78, 5) is 11.8. The standard InChI is InChI=1S/C31H37FO4/c1-7-8-23(18-30(33)35-6)22-10-12-24(13-11-22)36-20-21-9-15-28(31(2,3)4)26(17-21)27-19-25(34-5)14-16-29(27)32/h9-17,19,23H,7-8,18,20H2,1-6H3/t23-/m1/s1. The van der Waals surface area contributed by atoms with Crippen LogP contribution in [0.15, 0.2) is 60.7 Å². The molecule has 0 heterocycles. The maximum absolute atomic E-state index is 14.9. The molecule has 36 heavy (non-hydrogen) atoms. The van der Waals surface area contributed by atoms with Crippen molar-refractivity contribution in [2.75, 3.05) is 14.2 Å². The molecule has 0 aliphatic carbocycles. The summed E-state index contributed by atoms with van der Waals surface area (Å²) in [7, 11) is 3.00. The van der Waals surface area contributed by atoms with Gasteiger partial charge >= 0.3 is 5.97 Å². The van der Waals surface area contributed by atoms with Gasteiger partial charge in [-0.1, -0.05) is 58.4 Å². The molecule has 0 aliphatic heterocycles. The Morgan fingerprint density at radius 2 is 1.61 bits per heavy atom. The molecule has 0 bridgehead atoms. The zero-order valence-corrected chi connectivity index (χ0v) is 22.2. The summed E-state index contributed by atoms with van der Waals surface area (Å²) >= 11 is 0. The zero-order valence-electron chi connectivity index (χ0n) is 22.2. The van der Waals surface area contributed by atoms with Crippen LogP contribution in [0.1, 0.15) is 69.6 Å². The lowest BCUT2D eigenvalue weighted by atomic mass is 9.81. The smallest absolute Gasteiger partial charge is 0.306 e. The molecule has 0 saturated heterocycles. The highest BCUT2D eigenvalue weighted by molar-refractivity contribution is 5.72. The predicted molar refractivity (Wildman–Crippen MR) is 142 cm³/mol. The second kappa shape index (κ2) is 12.1. The van der Waals surface area contributed by atoms with Gasteiger partial charge in [-0.15, -0.1) is 0 Å². The number of carbonyl (C=O) groups is 1. The predicted octanol–water partition coefficient (Wildman–Crippen LogP) is 7.82. The van der Waals surface area contributed by atoms with Crippen molar-refractivity contribution in [2.45, 2.75) is 64.9 Å². The first kappa shape index (κ1) is 27.3. The van der Waals surface area contributed by atoms with Gasteiger partial charge in [-0.2, -0.15) is 0 Å². The maximum Gasteiger partial charge on any atom is 0.306 e. The molecule has 0 N–H and O–H groups in total. The molecule has 0 radical (unpaired) electrons. The van der Waals surface area contributed by atoms with Crippen LogP contribution in [0.4, 0.5) is 4.39 Å². The minimum Gasteiger partial charge on any atom is -0.497 e. The van der Waals surface area contributed by atoms with Crippen molar-refractivity contribution in [2.24, 2.45) is 0 Å². The molecule has 3 aromatic carbocycles. The highest BCUT2D eigenvalue weighted by Crippen LogP contribution is 2.37. The highest BCUT2D eigenvalue weighted by atomic mass is 19.1. The van der Waals surface area contributed by atoms with Gasteiger partial charge in [0.15, 0.2) is 0 Å². The van der Waals surface area contributed by atoms with Crippen LogP contribution in [0, 0.1) is 5.82 Å². The molecule has 0 saturated carbocycles. The largest absolute Gasteiger partial charge is 0.497 e. The lowest BCUT2D eigenvalue weighted by Gasteiger charge is -2.24. The van der Waals surface area contributed by atoms with Crippen LogP contribution in [-0.4, -0.2) is 20.2 Å². The first-order valence-electron chi connectivity index (χ1n) is 12.4. The third kappa shape index (κ3) is 6.87. The van der Waals surface area contributed by atoms with E-state index in [1.807, 2.05) is 36.4 Å². The number of hydrogen-bond donors (Lipinski definition) is 0. The van der Waals surface area contributed by atoms with Crippen LogP contribution in [0.25, 0.3) is 11.1 Å². The van der Waals surface area contributed by atoms with E-state index in [0.717, 1.165) is 40.8 Å². The zero-order chi connectivity index (χ0) is 26.3. The second-order valence-electron chi connectivity index (χ2n) is 10.1. The summed E-state index contributed by atoms with van der Waals surface area (Å²) in [6.45, 7) is 8.82. The van der Waals surface area contributed by atoms with Gasteiger partial charge in [0.1, 0.15) is 23.9 Å². The van der Waals surface area contributed by atoms with E-state index >= 15 is 0 Å². The van der Waals surface area contributed by atoms with Crippen LogP contribution >= 0.6 is 0 Å². The Bertz CT molecular complexity index is 1160. The Balaban J connectivity index is 1.82. The Kier molecular flexibility index (Phi) is 9.14. The molecule has 5 heteroatoms. The van der Waals surface area contributed by atoms with Crippen LogP contribution in [0.5, 0.6) is 11.5 Å². The van der Waals surface area contributed by atoms with E-state index in [0.29, 0.717) is 24.3 Å². The summed E-state index contributed by atoms with van der Waals surface area (Å²) in [6.07, 6.45) is 2.27. The fraction of sp³-hybridized carbons (Fsp3) is 0.387. The molecule has 0 fully saturated rings. The highest BCUT2D eigenvalue weighted by Gasteiger charge is 2.21. The second-order valence-corrected chi connectivity index (χ2v) is 10.1. The van der Waals surface area contributed by atoms with E-state index in [-0.39, 0.29) is 23.1 Å². The normalized spacial score (nSPS) is 12.2. The molecule has 0 unspecified atom stereocenters. The molecule has 0 amide bonds. The van der Waals surface area contributed by atoms with E-state index in [9.17, 15) is 9.18 Å². The molecule has 3 rings (SSSR count). The van der Waals surface area contributed by atoms with Crippen molar-refractivity contribution < 1.29 is 23.4 Å². The third-order valence-electron chi connectivity index (χ3n) is 6.39. The topological polar surface area (TPSA) is 44.8 Å². The quantitative estimate of drug-likeness (QED) is 0.271. The lowest BCUT2D eigenvalue weighted by Crippen LogP contribution is -2.13. The molecular formula is C31H37FO4. The van der Waals surface area contributed by atoms with Gasteiger partial charge in [0.05, 0.1) is 20.6 Å². The molecular weight excluding hydrogens is 455 g/mol. The van der Waals surface area contributed by atoms with E-state index < -0.39 is 0 Å². The summed E-state index contributed by atoms with van der Waals surface area (Å²) in [5, 5.41) is 0. The summed E-state index contributed by atoms with van der Waals surface area (Å²) in [5.41, 5.74) is 4.27. The number of halogens is 1. The Hall–Kier alpha value is -3.34. The van der Waals surface area contributed by atoms with Gasteiger partial charge < -0.3 is 14.2 Å². The molecule has 1 atom stereocenters. The van der Waals surface area contributed by atoms with Crippen molar-refractivity contribution >= 4 is 5.97 Å². The first-order valence-corrected chi connectivity index (χ1v) is 12.4. The van der Waals surface area contributed by atoms with E-state index in [4.69, 9.17) is 14.2 Å². The average Bonchev–Trinajstić information content (AvgIpc) is 2.87. The SMILES string of the molecule is CCC[C@H](CC(=O)OC)c1ccc(OCc2ccc(C(C)(C)C)c(-c3cc(OC)ccc3F)c2)cc1. The minimum absolute atomic E-state index is 0.127. The van der Waals surface area contributed by atoms with Crippen LogP contribution in [0.3, 0.4) is 0 Å². The molecule has 4 nitrogen and oxygen atoms in total. The van der Waals surface area contributed by atoms with Gasteiger partial charge in [-0.25, -0.2) is 4.39 Å². The Morgan fingerprint density at radius 1 is 0.917 bits per heavy atom. The fourth-order valence-electron chi connectivity index (χ4n) is 4.42. The van der Waals surface area contributed by atoms with E-state index in [1.54, 1.807) is 19.2 Å². The molecule has 3 aromatic rings. The van der Waals surface area contributed by atoms with Crippen LogP contribution < -0.4 is 9.47 Å². The number of carbonyl (C=O) groups excluding carboxylic acids is 1.